The van der Waals surface area contributed by atoms with Crippen LogP contribution >= 0.6 is 0 Å². The molecule has 14 rings (SSSR count). The second kappa shape index (κ2) is 15.2. The third-order valence-corrected chi connectivity index (χ3v) is 17.0. The Kier molecular flexibility index (Phi) is 8.91. The molecule has 3 heteroatoms. The first-order chi connectivity index (χ1) is 33.9. The molecule has 69 heavy (non-hydrogen) atoms. The van der Waals surface area contributed by atoms with Crippen LogP contribution < -0.4 is 9.80 Å². The molecule has 9 aromatic carbocycles. The summed E-state index contributed by atoms with van der Waals surface area (Å²) in [6.45, 7) is 6.97. The van der Waals surface area contributed by atoms with E-state index in [2.05, 4.69) is 241 Å². The molecular weight excluding hydrogens is 835 g/mol. The lowest BCUT2D eigenvalue weighted by Gasteiger charge is -2.46. The minimum Gasteiger partial charge on any atom is -0.310 e. The third-order valence-electron chi connectivity index (χ3n) is 17.0. The lowest BCUT2D eigenvalue weighted by atomic mass is 9.58. The maximum atomic E-state index is 2.62. The third kappa shape index (κ3) is 5.80. The van der Waals surface area contributed by atoms with Gasteiger partial charge in [-0.3, -0.25) is 0 Å². The zero-order valence-corrected chi connectivity index (χ0v) is 39.7. The van der Waals surface area contributed by atoms with E-state index >= 15 is 0 Å². The maximum Gasteiger partial charge on any atom is 0.0561 e. The van der Waals surface area contributed by atoms with E-state index in [0.717, 1.165) is 12.8 Å². The SMILES string of the molecule is Cc1ccc(-n2c3ccccc3c3ccc(N(c4ccccc4)c4cccc5c4C46c7c(cccc7N(c7ccccc7)c7ccc8c(c7)C(C)(C)c7ccccc7-8)CC4CCCC6C5)cc32)cc1. The van der Waals surface area contributed by atoms with E-state index in [1.54, 1.807) is 5.56 Å². The number of rotatable bonds is 7. The number of benzene rings is 9. The fourth-order valence-electron chi connectivity index (χ4n) is 14.1. The molecule has 0 bridgehead atoms. The van der Waals surface area contributed by atoms with Crippen LogP contribution in [0.2, 0.25) is 0 Å². The monoisotopic (exact) mass is 889 g/mol. The van der Waals surface area contributed by atoms with Crippen molar-refractivity contribution in [2.75, 3.05) is 9.80 Å². The summed E-state index contributed by atoms with van der Waals surface area (Å²) in [6, 6.07) is 78.3. The van der Waals surface area contributed by atoms with Crippen LogP contribution in [0.3, 0.4) is 0 Å². The molecule has 4 aliphatic carbocycles. The molecule has 1 aromatic heterocycles. The van der Waals surface area contributed by atoms with Crippen molar-refractivity contribution in [2.45, 2.75) is 63.7 Å². The van der Waals surface area contributed by atoms with Crippen molar-refractivity contribution in [3.8, 4) is 16.8 Å². The van der Waals surface area contributed by atoms with Gasteiger partial charge in [-0.1, -0.05) is 153 Å². The van der Waals surface area contributed by atoms with Gasteiger partial charge in [0.25, 0.3) is 0 Å². The quantitative estimate of drug-likeness (QED) is 0.158. The summed E-state index contributed by atoms with van der Waals surface area (Å²) >= 11 is 0. The predicted molar refractivity (Wildman–Crippen MR) is 288 cm³/mol. The summed E-state index contributed by atoms with van der Waals surface area (Å²) in [7, 11) is 0. The number of hydrogen-bond acceptors (Lipinski definition) is 2. The number of fused-ring (bicyclic) bond motifs is 8. The minimum atomic E-state index is -0.177. The van der Waals surface area contributed by atoms with E-state index in [1.807, 2.05) is 0 Å². The van der Waals surface area contributed by atoms with Crippen LogP contribution in [-0.2, 0) is 23.7 Å². The predicted octanol–water partition coefficient (Wildman–Crippen LogP) is 17.2. The van der Waals surface area contributed by atoms with Crippen molar-refractivity contribution >= 4 is 55.9 Å². The number of hydrogen-bond donors (Lipinski definition) is 0. The molecule has 0 radical (unpaired) electrons. The van der Waals surface area contributed by atoms with Gasteiger partial charge < -0.3 is 14.4 Å². The summed E-state index contributed by atoms with van der Waals surface area (Å²) in [6.07, 6.45) is 5.91. The first-order valence-corrected chi connectivity index (χ1v) is 25.2. The molecule has 10 aromatic rings. The van der Waals surface area contributed by atoms with Crippen LogP contribution in [0.25, 0.3) is 38.6 Å². The molecule has 1 saturated carbocycles. The first kappa shape index (κ1) is 40.4. The van der Waals surface area contributed by atoms with Gasteiger partial charge in [0.05, 0.1) is 22.4 Å². The highest BCUT2D eigenvalue weighted by Crippen LogP contribution is 2.67. The van der Waals surface area contributed by atoms with Crippen LogP contribution in [0.5, 0.6) is 0 Å². The van der Waals surface area contributed by atoms with Gasteiger partial charge in [-0.2, -0.15) is 0 Å². The molecule has 334 valence electrons. The number of anilines is 6. The second-order valence-corrected chi connectivity index (χ2v) is 20.9. The van der Waals surface area contributed by atoms with Crippen molar-refractivity contribution in [2.24, 2.45) is 11.8 Å². The Morgan fingerprint density at radius 3 is 1.67 bits per heavy atom. The van der Waals surface area contributed by atoms with Crippen LogP contribution in [0.4, 0.5) is 34.1 Å². The van der Waals surface area contributed by atoms with Gasteiger partial charge in [0, 0.05) is 50.0 Å². The van der Waals surface area contributed by atoms with Gasteiger partial charge in [0.15, 0.2) is 0 Å². The smallest absolute Gasteiger partial charge is 0.0561 e. The van der Waals surface area contributed by atoms with E-state index < -0.39 is 0 Å². The maximum absolute atomic E-state index is 2.62. The second-order valence-electron chi connectivity index (χ2n) is 20.9. The van der Waals surface area contributed by atoms with Gasteiger partial charge in [-0.25, -0.2) is 0 Å². The number of aryl methyl sites for hydroxylation is 1. The van der Waals surface area contributed by atoms with Gasteiger partial charge in [-0.05, 0) is 168 Å². The zero-order valence-electron chi connectivity index (χ0n) is 39.7. The van der Waals surface area contributed by atoms with E-state index in [0.29, 0.717) is 11.8 Å². The molecule has 1 spiro atoms. The Morgan fingerprint density at radius 1 is 0.449 bits per heavy atom. The fraction of sp³-hybridized carbons (Fsp3) is 0.182. The van der Waals surface area contributed by atoms with E-state index in [1.165, 1.54) is 125 Å². The normalized spacial score (nSPS) is 19.1. The van der Waals surface area contributed by atoms with Gasteiger partial charge in [-0.15, -0.1) is 0 Å². The summed E-state index contributed by atoms with van der Waals surface area (Å²) in [5.41, 5.74) is 23.6. The highest BCUT2D eigenvalue weighted by atomic mass is 15.2. The molecular formula is C66H55N3. The van der Waals surface area contributed by atoms with Gasteiger partial charge >= 0.3 is 0 Å². The Hall–Kier alpha value is -7.62. The van der Waals surface area contributed by atoms with Crippen molar-refractivity contribution in [3.05, 3.63) is 245 Å². The summed E-state index contributed by atoms with van der Waals surface area (Å²) in [5.74, 6) is 0.982. The number of aromatic nitrogens is 1. The zero-order chi connectivity index (χ0) is 46.0. The molecule has 3 nitrogen and oxygen atoms in total. The largest absolute Gasteiger partial charge is 0.310 e. The highest BCUT2D eigenvalue weighted by Gasteiger charge is 2.60. The molecule has 0 saturated heterocycles. The van der Waals surface area contributed by atoms with Gasteiger partial charge in [0.1, 0.15) is 0 Å². The molecule has 4 aliphatic rings. The van der Waals surface area contributed by atoms with Crippen molar-refractivity contribution < 1.29 is 0 Å². The number of nitrogens with zero attached hydrogens (tertiary/aromatic N) is 3. The minimum absolute atomic E-state index is 0.112. The molecule has 0 amide bonds. The average Bonchev–Trinajstić information content (AvgIpc) is 4.10. The van der Waals surface area contributed by atoms with E-state index in [-0.39, 0.29) is 10.8 Å². The van der Waals surface area contributed by atoms with Crippen molar-refractivity contribution in [1.29, 1.82) is 0 Å². The number of para-hydroxylation sites is 3. The first-order valence-electron chi connectivity index (χ1n) is 25.2. The van der Waals surface area contributed by atoms with E-state index in [4.69, 9.17) is 0 Å². The van der Waals surface area contributed by atoms with Gasteiger partial charge in [0.2, 0.25) is 0 Å². The standard InChI is InChI=1S/C66H55N3/c1-43-31-33-50(34-32-43)69-59-28-13-11-26-55(59)56-38-36-52(42-62(56)69)68(49-23-8-5-9-24-49)61-30-15-18-45-40-47-20-16-19-46-39-44-17-14-29-60(63(44)66(46,47)64(45)61)67(48-21-6-4-7-22-48)51-35-37-54-53-25-10-12-27-57(53)65(2,3)58(54)41-51/h4-15,17-18,21-38,41-42,46-47H,16,19-20,39-40H2,1-3H3. The van der Waals surface area contributed by atoms with Crippen LogP contribution in [0, 0.1) is 18.8 Å². The van der Waals surface area contributed by atoms with Crippen LogP contribution in [0.1, 0.15) is 72.1 Å². The molecule has 3 unspecified atom stereocenters. The van der Waals surface area contributed by atoms with E-state index in [9.17, 15) is 0 Å². The van der Waals surface area contributed by atoms with Crippen molar-refractivity contribution in [3.63, 3.8) is 0 Å². The fourth-order valence-corrected chi connectivity index (χ4v) is 14.1. The molecule has 0 aliphatic heterocycles. The molecule has 3 atom stereocenters. The lowest BCUT2D eigenvalue weighted by Crippen LogP contribution is -2.42. The Balaban J connectivity index is 1.01. The Labute approximate surface area is 405 Å². The average molecular weight is 890 g/mol. The summed E-state index contributed by atoms with van der Waals surface area (Å²) in [4.78, 5) is 5.22. The highest BCUT2D eigenvalue weighted by molar-refractivity contribution is 6.10. The Morgan fingerprint density at radius 2 is 1.00 bits per heavy atom. The molecule has 1 heterocycles. The van der Waals surface area contributed by atoms with Crippen LogP contribution in [0.15, 0.2) is 206 Å². The van der Waals surface area contributed by atoms with Crippen LogP contribution in [-0.4, -0.2) is 4.57 Å². The van der Waals surface area contributed by atoms with Crippen molar-refractivity contribution in [1.82, 2.24) is 4.57 Å². The lowest BCUT2D eigenvalue weighted by molar-refractivity contribution is 0.177. The molecule has 1 fully saturated rings. The summed E-state index contributed by atoms with van der Waals surface area (Å²) in [5, 5.41) is 2.54. The molecule has 0 N–H and O–H groups in total. The topological polar surface area (TPSA) is 11.4 Å². The summed E-state index contributed by atoms with van der Waals surface area (Å²) < 4.78 is 2.47. The Bertz CT molecular complexity index is 3650.